The van der Waals surface area contributed by atoms with Crippen molar-refractivity contribution in [3.8, 4) is 0 Å². The normalized spacial score (nSPS) is 10.5. The highest BCUT2D eigenvalue weighted by molar-refractivity contribution is 9.11. The maximum Gasteiger partial charge on any atom is 0.267 e. The molecule has 0 aliphatic heterocycles. The van der Waals surface area contributed by atoms with Gasteiger partial charge in [0.15, 0.2) is 0 Å². The summed E-state index contributed by atoms with van der Waals surface area (Å²) in [6.07, 6.45) is 1.70. The monoisotopic (exact) mass is 284 g/mol. The summed E-state index contributed by atoms with van der Waals surface area (Å²) in [4.78, 5) is 12.7. The van der Waals surface area contributed by atoms with Crippen LogP contribution in [0.2, 0.25) is 0 Å². The van der Waals surface area contributed by atoms with Gasteiger partial charge in [-0.2, -0.15) is 5.10 Å². The Balaban J connectivity index is 2.28. The molecule has 3 nitrogen and oxygen atoms in total. The summed E-state index contributed by atoms with van der Waals surface area (Å²) < 4.78 is 2.53. The lowest BCUT2D eigenvalue weighted by atomic mass is 10.3. The number of aromatic nitrogens is 2. The second-order valence-corrected chi connectivity index (χ2v) is 5.78. The number of nitrogens with zero attached hydrogens (tertiary/aromatic N) is 2. The fourth-order valence-electron chi connectivity index (χ4n) is 1.23. The first-order chi connectivity index (χ1) is 7.15. The predicted octanol–water partition coefficient (Wildman–Crippen LogP) is 2.42. The van der Waals surface area contributed by atoms with E-state index in [0.29, 0.717) is 6.54 Å². The average Bonchev–Trinajstić information content (AvgIpc) is 2.56. The van der Waals surface area contributed by atoms with E-state index < -0.39 is 0 Å². The van der Waals surface area contributed by atoms with Crippen molar-refractivity contribution in [1.29, 1.82) is 0 Å². The van der Waals surface area contributed by atoms with Gasteiger partial charge in [0.1, 0.15) is 0 Å². The van der Waals surface area contributed by atoms with Gasteiger partial charge in [0, 0.05) is 10.9 Å². The van der Waals surface area contributed by atoms with Crippen LogP contribution in [0.15, 0.2) is 33.0 Å². The summed E-state index contributed by atoms with van der Waals surface area (Å²) in [5.41, 5.74) is 0.836. The van der Waals surface area contributed by atoms with Crippen LogP contribution in [-0.4, -0.2) is 9.78 Å². The van der Waals surface area contributed by atoms with E-state index in [1.165, 1.54) is 4.68 Å². The van der Waals surface area contributed by atoms with Crippen molar-refractivity contribution in [3.05, 3.63) is 49.0 Å². The molecular formula is C10H9BrN2OS. The Morgan fingerprint density at radius 3 is 2.93 bits per heavy atom. The molecule has 0 spiro atoms. The molecule has 0 atom stereocenters. The molecule has 2 rings (SSSR count). The molecule has 0 saturated heterocycles. The minimum absolute atomic E-state index is 0.0560. The Morgan fingerprint density at radius 2 is 2.33 bits per heavy atom. The van der Waals surface area contributed by atoms with E-state index in [0.717, 1.165) is 14.2 Å². The number of rotatable bonds is 2. The predicted molar refractivity (Wildman–Crippen MR) is 64.4 cm³/mol. The molecule has 0 aliphatic carbocycles. The Hall–Kier alpha value is -0.940. The number of hydrogen-bond acceptors (Lipinski definition) is 3. The van der Waals surface area contributed by atoms with E-state index in [9.17, 15) is 4.79 Å². The summed E-state index contributed by atoms with van der Waals surface area (Å²) in [6.45, 7) is 2.40. The van der Waals surface area contributed by atoms with Crippen LogP contribution in [-0.2, 0) is 6.54 Å². The Bertz CT molecular complexity index is 532. The maximum atomic E-state index is 11.5. The molecule has 0 radical (unpaired) electrons. The minimum atomic E-state index is -0.0560. The zero-order valence-corrected chi connectivity index (χ0v) is 10.5. The third-order valence-electron chi connectivity index (χ3n) is 1.94. The Morgan fingerprint density at radius 1 is 1.53 bits per heavy atom. The molecule has 0 bridgehead atoms. The second-order valence-electron chi connectivity index (χ2n) is 3.23. The van der Waals surface area contributed by atoms with Crippen molar-refractivity contribution in [2.24, 2.45) is 0 Å². The third kappa shape index (κ3) is 2.54. The molecule has 2 aromatic heterocycles. The van der Waals surface area contributed by atoms with E-state index in [2.05, 4.69) is 21.0 Å². The molecule has 5 heteroatoms. The molecule has 0 amide bonds. The standard InChI is InChI=1S/C10H9BrN2OS/c1-7-4-10(14)13(12-5-7)6-8-2-3-9(11)15-8/h2-5H,6H2,1H3. The van der Waals surface area contributed by atoms with E-state index in [1.807, 2.05) is 19.1 Å². The van der Waals surface area contributed by atoms with Crippen LogP contribution < -0.4 is 5.56 Å². The van der Waals surface area contributed by atoms with Crippen LogP contribution in [0.5, 0.6) is 0 Å². The topological polar surface area (TPSA) is 34.9 Å². The highest BCUT2D eigenvalue weighted by Crippen LogP contribution is 2.22. The average molecular weight is 285 g/mol. The first-order valence-corrected chi connectivity index (χ1v) is 6.04. The van der Waals surface area contributed by atoms with Crippen LogP contribution in [0.1, 0.15) is 10.4 Å². The third-order valence-corrected chi connectivity index (χ3v) is 3.55. The Kier molecular flexibility index (Phi) is 3.02. The van der Waals surface area contributed by atoms with Crippen molar-refractivity contribution >= 4 is 27.3 Å². The van der Waals surface area contributed by atoms with Gasteiger partial charge in [0.2, 0.25) is 0 Å². The van der Waals surface area contributed by atoms with Gasteiger partial charge in [-0.05, 0) is 40.5 Å². The lowest BCUT2D eigenvalue weighted by Crippen LogP contribution is -2.22. The first-order valence-electron chi connectivity index (χ1n) is 4.43. The first kappa shape index (κ1) is 10.6. The number of aryl methyl sites for hydroxylation is 1. The van der Waals surface area contributed by atoms with Gasteiger partial charge in [0.05, 0.1) is 16.5 Å². The largest absolute Gasteiger partial charge is 0.268 e. The number of halogens is 1. The molecule has 2 heterocycles. The lowest BCUT2D eigenvalue weighted by Gasteiger charge is -2.01. The molecule has 78 valence electrons. The van der Waals surface area contributed by atoms with Crippen LogP contribution in [0.4, 0.5) is 0 Å². The van der Waals surface area contributed by atoms with Crippen LogP contribution in [0, 0.1) is 6.92 Å². The van der Waals surface area contributed by atoms with Gasteiger partial charge in [-0.25, -0.2) is 4.68 Å². The molecule has 0 fully saturated rings. The van der Waals surface area contributed by atoms with E-state index in [1.54, 1.807) is 23.6 Å². The van der Waals surface area contributed by atoms with Crippen molar-refractivity contribution < 1.29 is 0 Å². The van der Waals surface area contributed by atoms with Gasteiger partial charge < -0.3 is 0 Å². The van der Waals surface area contributed by atoms with Gasteiger partial charge in [-0.1, -0.05) is 0 Å². The summed E-state index contributed by atoms with van der Waals surface area (Å²) >= 11 is 5.00. The lowest BCUT2D eigenvalue weighted by molar-refractivity contribution is 0.642. The highest BCUT2D eigenvalue weighted by Gasteiger charge is 2.01. The zero-order valence-electron chi connectivity index (χ0n) is 8.11. The summed E-state index contributed by atoms with van der Waals surface area (Å²) in [5.74, 6) is 0. The zero-order chi connectivity index (χ0) is 10.8. The van der Waals surface area contributed by atoms with Crippen LogP contribution in [0.25, 0.3) is 0 Å². The smallest absolute Gasteiger partial charge is 0.267 e. The van der Waals surface area contributed by atoms with Gasteiger partial charge >= 0.3 is 0 Å². The van der Waals surface area contributed by atoms with Gasteiger partial charge in [-0.15, -0.1) is 11.3 Å². The van der Waals surface area contributed by atoms with Crippen molar-refractivity contribution in [1.82, 2.24) is 9.78 Å². The summed E-state index contributed by atoms with van der Waals surface area (Å²) in [7, 11) is 0. The molecule has 2 aromatic rings. The van der Waals surface area contributed by atoms with E-state index >= 15 is 0 Å². The van der Waals surface area contributed by atoms with Gasteiger partial charge in [0.25, 0.3) is 5.56 Å². The SMILES string of the molecule is Cc1cnn(Cc2ccc(Br)s2)c(=O)c1. The minimum Gasteiger partial charge on any atom is -0.268 e. The fourth-order valence-corrected chi connectivity index (χ4v) is 2.69. The highest BCUT2D eigenvalue weighted by atomic mass is 79.9. The van der Waals surface area contributed by atoms with Gasteiger partial charge in [-0.3, -0.25) is 4.79 Å². The Labute approximate surface area is 99.5 Å². The quantitative estimate of drug-likeness (QED) is 0.849. The molecular weight excluding hydrogens is 276 g/mol. The van der Waals surface area contributed by atoms with E-state index in [4.69, 9.17) is 0 Å². The molecule has 0 aliphatic rings. The number of hydrogen-bond donors (Lipinski definition) is 0. The maximum absolute atomic E-state index is 11.5. The molecule has 0 unspecified atom stereocenters. The summed E-state index contributed by atoms with van der Waals surface area (Å²) in [6, 6.07) is 5.55. The second kappa shape index (κ2) is 4.28. The molecule has 0 aromatic carbocycles. The molecule has 15 heavy (non-hydrogen) atoms. The summed E-state index contributed by atoms with van der Waals surface area (Å²) in [5, 5.41) is 4.08. The van der Waals surface area contributed by atoms with Crippen molar-refractivity contribution in [3.63, 3.8) is 0 Å². The van der Waals surface area contributed by atoms with Crippen LogP contribution >= 0.6 is 27.3 Å². The van der Waals surface area contributed by atoms with E-state index in [-0.39, 0.29) is 5.56 Å². The van der Waals surface area contributed by atoms with Crippen molar-refractivity contribution in [2.45, 2.75) is 13.5 Å². The fraction of sp³-hybridized carbons (Fsp3) is 0.200. The molecule has 0 saturated carbocycles. The number of thiophene rings is 1. The van der Waals surface area contributed by atoms with Crippen molar-refractivity contribution in [2.75, 3.05) is 0 Å². The molecule has 0 N–H and O–H groups in total. The van der Waals surface area contributed by atoms with Crippen LogP contribution in [0.3, 0.4) is 0 Å².